The molecule has 0 aromatic carbocycles. The highest BCUT2D eigenvalue weighted by molar-refractivity contribution is 4.82. The fourth-order valence-electron chi connectivity index (χ4n) is 3.40. The third-order valence-corrected chi connectivity index (χ3v) is 4.47. The highest BCUT2D eigenvalue weighted by Gasteiger charge is 2.27. The van der Waals surface area contributed by atoms with E-state index in [0.717, 1.165) is 17.9 Å². The van der Waals surface area contributed by atoms with Crippen LogP contribution in [-0.4, -0.2) is 37.1 Å². The summed E-state index contributed by atoms with van der Waals surface area (Å²) in [6.07, 6.45) is 7.10. The van der Waals surface area contributed by atoms with Gasteiger partial charge in [-0.05, 0) is 70.1 Å². The summed E-state index contributed by atoms with van der Waals surface area (Å²) < 4.78 is 0. The van der Waals surface area contributed by atoms with E-state index in [9.17, 15) is 0 Å². The van der Waals surface area contributed by atoms with Crippen molar-refractivity contribution in [3.63, 3.8) is 0 Å². The molecule has 2 nitrogen and oxygen atoms in total. The van der Waals surface area contributed by atoms with Gasteiger partial charge in [0.05, 0.1) is 0 Å². The van der Waals surface area contributed by atoms with E-state index in [2.05, 4.69) is 24.1 Å². The zero-order chi connectivity index (χ0) is 11.4. The number of piperidine rings is 1. The highest BCUT2D eigenvalue weighted by atomic mass is 15.2. The Morgan fingerprint density at radius 2 is 1.94 bits per heavy atom. The van der Waals surface area contributed by atoms with E-state index in [-0.39, 0.29) is 0 Å². The second kappa shape index (κ2) is 6.02. The molecule has 0 spiro atoms. The normalized spacial score (nSPS) is 29.1. The molecule has 0 aromatic heterocycles. The Bertz CT molecular complexity index is 197. The van der Waals surface area contributed by atoms with Crippen LogP contribution in [0.4, 0.5) is 0 Å². The van der Waals surface area contributed by atoms with Crippen LogP contribution in [0.2, 0.25) is 0 Å². The number of rotatable bonds is 4. The Hall–Kier alpha value is -0.0800. The lowest BCUT2D eigenvalue weighted by molar-refractivity contribution is 0.185. The van der Waals surface area contributed by atoms with Crippen molar-refractivity contribution in [3.8, 4) is 0 Å². The van der Waals surface area contributed by atoms with Gasteiger partial charge >= 0.3 is 0 Å². The Balaban J connectivity index is 1.71. The molecule has 2 rings (SSSR count). The first-order valence-corrected chi connectivity index (χ1v) is 7.22. The highest BCUT2D eigenvalue weighted by Crippen LogP contribution is 2.25. The fraction of sp³-hybridized carbons (Fsp3) is 1.00. The minimum atomic E-state index is 0.843. The molecule has 2 heteroatoms. The van der Waals surface area contributed by atoms with Crippen molar-refractivity contribution in [1.29, 1.82) is 0 Å². The van der Waals surface area contributed by atoms with Crippen molar-refractivity contribution >= 4 is 0 Å². The summed E-state index contributed by atoms with van der Waals surface area (Å²) in [7, 11) is 0. The summed E-state index contributed by atoms with van der Waals surface area (Å²) in [6, 6.07) is 0.877. The van der Waals surface area contributed by atoms with Gasteiger partial charge in [-0.2, -0.15) is 0 Å². The average molecular weight is 224 g/mol. The predicted molar refractivity (Wildman–Crippen MR) is 69.6 cm³/mol. The van der Waals surface area contributed by atoms with Crippen LogP contribution in [0.1, 0.15) is 46.0 Å². The maximum absolute atomic E-state index is 3.46. The van der Waals surface area contributed by atoms with E-state index in [1.807, 2.05) is 0 Å². The number of hydrogen-bond acceptors (Lipinski definition) is 2. The van der Waals surface area contributed by atoms with E-state index in [0.29, 0.717) is 0 Å². The van der Waals surface area contributed by atoms with Crippen molar-refractivity contribution < 1.29 is 0 Å². The smallest absolute Gasteiger partial charge is 0.0119 e. The van der Waals surface area contributed by atoms with E-state index in [1.165, 1.54) is 58.3 Å². The first-order valence-electron chi connectivity index (χ1n) is 7.22. The lowest BCUT2D eigenvalue weighted by Crippen LogP contribution is -2.36. The van der Waals surface area contributed by atoms with Gasteiger partial charge < -0.3 is 10.2 Å². The maximum Gasteiger partial charge on any atom is 0.0119 e. The summed E-state index contributed by atoms with van der Waals surface area (Å²) in [6.45, 7) is 9.97. The third kappa shape index (κ3) is 3.21. The van der Waals surface area contributed by atoms with E-state index < -0.39 is 0 Å². The molecule has 0 radical (unpaired) electrons. The second-order valence-electron chi connectivity index (χ2n) is 5.97. The van der Waals surface area contributed by atoms with Crippen molar-refractivity contribution in [2.24, 2.45) is 11.8 Å². The minimum Gasteiger partial charge on any atom is -0.317 e. The van der Waals surface area contributed by atoms with Crippen molar-refractivity contribution in [2.75, 3.05) is 26.2 Å². The number of nitrogens with zero attached hydrogens (tertiary/aromatic N) is 1. The molecule has 2 aliphatic rings. The Morgan fingerprint density at radius 3 is 2.62 bits per heavy atom. The molecule has 0 bridgehead atoms. The zero-order valence-electron chi connectivity index (χ0n) is 11.0. The lowest BCUT2D eigenvalue weighted by Gasteiger charge is -2.30. The molecular weight excluding hydrogens is 196 g/mol. The molecule has 2 heterocycles. The SMILES string of the molecule is CC(C)C1CCCN1CCC1CCNCC1. The number of hydrogen-bond donors (Lipinski definition) is 1. The fourth-order valence-corrected chi connectivity index (χ4v) is 3.40. The van der Waals surface area contributed by atoms with Crippen LogP contribution in [0.5, 0.6) is 0 Å². The summed E-state index contributed by atoms with van der Waals surface area (Å²) in [5.74, 6) is 1.84. The second-order valence-corrected chi connectivity index (χ2v) is 5.97. The topological polar surface area (TPSA) is 15.3 Å². The molecule has 0 aliphatic carbocycles. The van der Waals surface area contributed by atoms with Gasteiger partial charge in [-0.1, -0.05) is 13.8 Å². The van der Waals surface area contributed by atoms with E-state index in [1.54, 1.807) is 0 Å². The first kappa shape index (κ1) is 12.4. The van der Waals surface area contributed by atoms with E-state index >= 15 is 0 Å². The van der Waals surface area contributed by atoms with Gasteiger partial charge in [0, 0.05) is 6.04 Å². The quantitative estimate of drug-likeness (QED) is 0.789. The van der Waals surface area contributed by atoms with Crippen LogP contribution >= 0.6 is 0 Å². The Labute approximate surface area is 101 Å². The molecule has 0 amide bonds. The minimum absolute atomic E-state index is 0.843. The average Bonchev–Trinajstić information content (AvgIpc) is 2.76. The predicted octanol–water partition coefficient (Wildman–Crippen LogP) is 2.50. The lowest BCUT2D eigenvalue weighted by atomic mass is 9.94. The van der Waals surface area contributed by atoms with Crippen LogP contribution in [0, 0.1) is 11.8 Å². The van der Waals surface area contributed by atoms with Gasteiger partial charge in [0.1, 0.15) is 0 Å². The molecule has 2 fully saturated rings. The summed E-state index contributed by atoms with van der Waals surface area (Å²) in [5.41, 5.74) is 0. The third-order valence-electron chi connectivity index (χ3n) is 4.47. The van der Waals surface area contributed by atoms with Crippen LogP contribution in [0.3, 0.4) is 0 Å². The van der Waals surface area contributed by atoms with Crippen LogP contribution < -0.4 is 5.32 Å². The molecule has 1 N–H and O–H groups in total. The summed E-state index contributed by atoms with van der Waals surface area (Å²) in [4.78, 5) is 2.76. The van der Waals surface area contributed by atoms with Crippen molar-refractivity contribution in [3.05, 3.63) is 0 Å². The monoisotopic (exact) mass is 224 g/mol. The van der Waals surface area contributed by atoms with Gasteiger partial charge in [0.15, 0.2) is 0 Å². The van der Waals surface area contributed by atoms with Crippen molar-refractivity contribution in [2.45, 2.75) is 52.0 Å². The van der Waals surface area contributed by atoms with Gasteiger partial charge in [0.2, 0.25) is 0 Å². The Kier molecular flexibility index (Phi) is 4.66. The van der Waals surface area contributed by atoms with Crippen molar-refractivity contribution in [1.82, 2.24) is 10.2 Å². The molecule has 94 valence electrons. The first-order chi connectivity index (χ1) is 7.77. The van der Waals surface area contributed by atoms with E-state index in [4.69, 9.17) is 0 Å². The summed E-state index contributed by atoms with van der Waals surface area (Å²) >= 11 is 0. The molecule has 2 saturated heterocycles. The number of nitrogens with one attached hydrogen (secondary N) is 1. The van der Waals surface area contributed by atoms with Gasteiger partial charge in [0.25, 0.3) is 0 Å². The van der Waals surface area contributed by atoms with Crippen LogP contribution in [0.25, 0.3) is 0 Å². The van der Waals surface area contributed by atoms with Gasteiger partial charge in [-0.3, -0.25) is 0 Å². The summed E-state index contributed by atoms with van der Waals surface area (Å²) in [5, 5.41) is 3.46. The molecule has 16 heavy (non-hydrogen) atoms. The molecule has 1 unspecified atom stereocenters. The van der Waals surface area contributed by atoms with Crippen LogP contribution in [0.15, 0.2) is 0 Å². The van der Waals surface area contributed by atoms with Crippen LogP contribution in [-0.2, 0) is 0 Å². The largest absolute Gasteiger partial charge is 0.317 e. The molecule has 2 aliphatic heterocycles. The standard InChI is InChI=1S/C14H28N2/c1-12(2)14-4-3-10-16(14)11-7-13-5-8-15-9-6-13/h12-15H,3-11H2,1-2H3. The Morgan fingerprint density at radius 1 is 1.19 bits per heavy atom. The molecule has 1 atom stereocenters. The molecule has 0 saturated carbocycles. The number of likely N-dealkylation sites (tertiary alicyclic amines) is 1. The van der Waals surface area contributed by atoms with Gasteiger partial charge in [-0.15, -0.1) is 0 Å². The van der Waals surface area contributed by atoms with Gasteiger partial charge in [-0.25, -0.2) is 0 Å². The molecule has 0 aromatic rings. The maximum atomic E-state index is 3.46. The zero-order valence-corrected chi connectivity index (χ0v) is 11.0. The molecular formula is C14H28N2.